The third-order valence-corrected chi connectivity index (χ3v) is 4.58. The maximum absolute atomic E-state index is 6.07. The fourth-order valence-corrected chi connectivity index (χ4v) is 3.10. The highest BCUT2D eigenvalue weighted by molar-refractivity contribution is 9.10. The number of aromatic nitrogens is 2. The van der Waals surface area contributed by atoms with Crippen molar-refractivity contribution in [3.8, 4) is 0 Å². The molecule has 0 aliphatic rings. The van der Waals surface area contributed by atoms with Gasteiger partial charge >= 0.3 is 0 Å². The highest BCUT2D eigenvalue weighted by atomic mass is 79.9. The molecule has 1 atom stereocenters. The first-order valence-corrected chi connectivity index (χ1v) is 8.12. The Balaban J connectivity index is 2.32. The molecule has 1 heterocycles. The molecule has 2 aromatic rings. The highest BCUT2D eigenvalue weighted by Gasteiger charge is 2.21. The predicted molar refractivity (Wildman–Crippen MR) is 90.5 cm³/mol. The maximum atomic E-state index is 6.07. The number of halogens is 3. The van der Waals surface area contributed by atoms with Gasteiger partial charge in [-0.2, -0.15) is 5.10 Å². The topological polar surface area (TPSA) is 55.9 Å². The van der Waals surface area contributed by atoms with E-state index >= 15 is 0 Å². The van der Waals surface area contributed by atoms with E-state index in [9.17, 15) is 0 Å². The van der Waals surface area contributed by atoms with Gasteiger partial charge < -0.3 is 0 Å². The van der Waals surface area contributed by atoms with Crippen molar-refractivity contribution in [2.45, 2.75) is 32.4 Å². The zero-order valence-electron chi connectivity index (χ0n) is 11.8. The SMILES string of the molecule is CC(C)n1ncc(Br)c1C(Cc1ccc(Cl)c(Cl)c1)NN. The Bertz CT molecular complexity index is 627. The third-order valence-electron chi connectivity index (χ3n) is 3.23. The van der Waals surface area contributed by atoms with Gasteiger partial charge in [0.15, 0.2) is 0 Å². The van der Waals surface area contributed by atoms with Crippen molar-refractivity contribution < 1.29 is 0 Å². The van der Waals surface area contributed by atoms with Crippen molar-refractivity contribution in [2.75, 3.05) is 0 Å². The van der Waals surface area contributed by atoms with Crippen LogP contribution in [0.1, 0.15) is 37.2 Å². The van der Waals surface area contributed by atoms with E-state index in [1.165, 1.54) is 0 Å². The van der Waals surface area contributed by atoms with Crippen LogP contribution in [0, 0.1) is 0 Å². The lowest BCUT2D eigenvalue weighted by molar-refractivity contribution is 0.446. The molecule has 21 heavy (non-hydrogen) atoms. The monoisotopic (exact) mass is 390 g/mol. The van der Waals surface area contributed by atoms with Crippen LogP contribution >= 0.6 is 39.1 Å². The van der Waals surface area contributed by atoms with Crippen molar-refractivity contribution >= 4 is 39.1 Å². The maximum Gasteiger partial charge on any atom is 0.0715 e. The second-order valence-electron chi connectivity index (χ2n) is 5.09. The number of nitrogens with zero attached hydrogens (tertiary/aromatic N) is 2. The van der Waals surface area contributed by atoms with Crippen LogP contribution in [0.3, 0.4) is 0 Å². The Morgan fingerprint density at radius 1 is 1.33 bits per heavy atom. The first kappa shape index (κ1) is 16.8. The van der Waals surface area contributed by atoms with E-state index in [2.05, 4.69) is 40.3 Å². The minimum absolute atomic E-state index is 0.0819. The van der Waals surface area contributed by atoms with Crippen LogP contribution in [-0.4, -0.2) is 9.78 Å². The summed E-state index contributed by atoms with van der Waals surface area (Å²) in [7, 11) is 0. The van der Waals surface area contributed by atoms with E-state index in [-0.39, 0.29) is 12.1 Å². The van der Waals surface area contributed by atoms with Gasteiger partial charge in [-0.1, -0.05) is 29.3 Å². The molecule has 1 unspecified atom stereocenters. The molecule has 0 amide bonds. The van der Waals surface area contributed by atoms with Crippen LogP contribution < -0.4 is 11.3 Å². The molecular weight excluding hydrogens is 375 g/mol. The lowest BCUT2D eigenvalue weighted by Gasteiger charge is -2.20. The molecule has 0 spiro atoms. The van der Waals surface area contributed by atoms with Crippen LogP contribution in [0.15, 0.2) is 28.9 Å². The zero-order valence-corrected chi connectivity index (χ0v) is 14.9. The highest BCUT2D eigenvalue weighted by Crippen LogP contribution is 2.29. The Kier molecular flexibility index (Phi) is 5.68. The summed E-state index contributed by atoms with van der Waals surface area (Å²) in [5.41, 5.74) is 4.92. The van der Waals surface area contributed by atoms with Gasteiger partial charge in [0.25, 0.3) is 0 Å². The standard InChI is InChI=1S/C14H17BrCl2N4/c1-8(2)21-14(10(15)7-19-21)13(20-18)6-9-3-4-11(16)12(17)5-9/h3-5,7-8,13,20H,6,18H2,1-2H3. The largest absolute Gasteiger partial charge is 0.271 e. The zero-order chi connectivity index (χ0) is 15.6. The Hall–Kier alpha value is -0.590. The molecule has 7 heteroatoms. The van der Waals surface area contributed by atoms with Gasteiger partial charge in [-0.3, -0.25) is 16.0 Å². The van der Waals surface area contributed by atoms with Gasteiger partial charge in [0, 0.05) is 6.04 Å². The fraction of sp³-hybridized carbons (Fsp3) is 0.357. The first-order chi connectivity index (χ1) is 9.93. The number of hydrazine groups is 1. The van der Waals surface area contributed by atoms with Crippen molar-refractivity contribution in [1.29, 1.82) is 0 Å². The molecule has 114 valence electrons. The van der Waals surface area contributed by atoms with Crippen LogP contribution in [0.2, 0.25) is 10.0 Å². The second kappa shape index (κ2) is 7.11. The number of nitrogens with one attached hydrogen (secondary N) is 1. The summed E-state index contributed by atoms with van der Waals surface area (Å²) in [6.07, 6.45) is 2.47. The lowest BCUT2D eigenvalue weighted by Crippen LogP contribution is -2.32. The lowest BCUT2D eigenvalue weighted by atomic mass is 10.0. The van der Waals surface area contributed by atoms with Crippen molar-refractivity contribution in [3.05, 3.63) is 50.2 Å². The molecule has 0 radical (unpaired) electrons. The molecule has 0 saturated heterocycles. The molecule has 0 aliphatic carbocycles. The molecule has 4 nitrogen and oxygen atoms in total. The van der Waals surface area contributed by atoms with Crippen molar-refractivity contribution in [1.82, 2.24) is 15.2 Å². The molecular formula is C14H17BrCl2N4. The summed E-state index contributed by atoms with van der Waals surface area (Å²) >= 11 is 15.6. The first-order valence-electron chi connectivity index (χ1n) is 6.57. The summed E-state index contributed by atoms with van der Waals surface area (Å²) < 4.78 is 2.88. The van der Waals surface area contributed by atoms with Crippen LogP contribution in [-0.2, 0) is 6.42 Å². The Labute approximate surface area is 142 Å². The minimum Gasteiger partial charge on any atom is -0.271 e. The smallest absolute Gasteiger partial charge is 0.0715 e. The molecule has 0 saturated carbocycles. The van der Waals surface area contributed by atoms with Gasteiger partial charge in [0.05, 0.1) is 32.5 Å². The molecule has 2 rings (SSSR count). The van der Waals surface area contributed by atoms with E-state index in [1.54, 1.807) is 12.3 Å². The van der Waals surface area contributed by atoms with Gasteiger partial charge in [0.1, 0.15) is 0 Å². The number of hydrogen-bond donors (Lipinski definition) is 2. The summed E-state index contributed by atoms with van der Waals surface area (Å²) in [6.45, 7) is 4.16. The summed E-state index contributed by atoms with van der Waals surface area (Å²) in [6, 6.07) is 5.76. The summed E-state index contributed by atoms with van der Waals surface area (Å²) in [4.78, 5) is 0. The van der Waals surface area contributed by atoms with Gasteiger partial charge in [-0.25, -0.2) is 0 Å². The van der Waals surface area contributed by atoms with E-state index < -0.39 is 0 Å². The summed E-state index contributed by atoms with van der Waals surface area (Å²) in [5.74, 6) is 5.75. The number of rotatable bonds is 5. The van der Waals surface area contributed by atoms with E-state index in [1.807, 2.05) is 16.8 Å². The normalized spacial score (nSPS) is 12.9. The molecule has 3 N–H and O–H groups in total. The molecule has 1 aromatic carbocycles. The predicted octanol–water partition coefficient (Wildman–Crippen LogP) is 4.28. The van der Waals surface area contributed by atoms with Crippen molar-refractivity contribution in [3.63, 3.8) is 0 Å². The molecule has 0 bridgehead atoms. The quantitative estimate of drug-likeness (QED) is 0.590. The van der Waals surface area contributed by atoms with E-state index in [0.29, 0.717) is 16.5 Å². The molecule has 1 aromatic heterocycles. The van der Waals surface area contributed by atoms with Crippen LogP contribution in [0.5, 0.6) is 0 Å². The second-order valence-corrected chi connectivity index (χ2v) is 6.76. The third kappa shape index (κ3) is 3.79. The van der Waals surface area contributed by atoms with Crippen molar-refractivity contribution in [2.24, 2.45) is 5.84 Å². The number of benzene rings is 1. The van der Waals surface area contributed by atoms with Crippen LogP contribution in [0.4, 0.5) is 0 Å². The molecule has 0 fully saturated rings. The average molecular weight is 392 g/mol. The van der Waals surface area contributed by atoms with E-state index in [0.717, 1.165) is 15.7 Å². The number of hydrogen-bond acceptors (Lipinski definition) is 3. The van der Waals surface area contributed by atoms with E-state index in [4.69, 9.17) is 29.0 Å². The fourth-order valence-electron chi connectivity index (χ4n) is 2.23. The van der Waals surface area contributed by atoms with Gasteiger partial charge in [-0.15, -0.1) is 0 Å². The summed E-state index contributed by atoms with van der Waals surface area (Å²) in [5, 5.41) is 5.47. The van der Waals surface area contributed by atoms with Gasteiger partial charge in [0.2, 0.25) is 0 Å². The number of nitrogens with two attached hydrogens (primary N) is 1. The average Bonchev–Trinajstić information content (AvgIpc) is 2.82. The minimum atomic E-state index is -0.0819. The Morgan fingerprint density at radius 3 is 2.62 bits per heavy atom. The van der Waals surface area contributed by atoms with Gasteiger partial charge in [-0.05, 0) is 53.9 Å². The Morgan fingerprint density at radius 2 is 2.05 bits per heavy atom. The van der Waals surface area contributed by atoms with Crippen LogP contribution in [0.25, 0.3) is 0 Å². The molecule has 0 aliphatic heterocycles.